The van der Waals surface area contributed by atoms with Crippen molar-refractivity contribution in [1.29, 1.82) is 0 Å². The maximum atomic E-state index is 11.7. The number of hydrogen-bond donors (Lipinski definition) is 1. The van der Waals surface area contributed by atoms with E-state index in [9.17, 15) is 9.59 Å². The standard InChI is InChI=1S/C19H39NO4Si/c1-9-16(24-25(7,8)19(3,4)5)13-11-10-12-14-17(18(22)23-6)20-15(2)21/h16-17H,9-14H2,1-8H3,(H,20,21)/t16-,17+/m1/s1. The Morgan fingerprint density at radius 2 is 1.64 bits per heavy atom. The van der Waals surface area contributed by atoms with Gasteiger partial charge in [-0.05, 0) is 37.4 Å². The van der Waals surface area contributed by atoms with Crippen molar-refractivity contribution in [2.75, 3.05) is 7.11 Å². The van der Waals surface area contributed by atoms with Crippen LogP contribution in [0.4, 0.5) is 0 Å². The first-order valence-corrected chi connectivity index (χ1v) is 12.4. The van der Waals surface area contributed by atoms with Gasteiger partial charge in [0.1, 0.15) is 6.04 Å². The molecule has 0 spiro atoms. The van der Waals surface area contributed by atoms with Crippen molar-refractivity contribution in [2.45, 2.75) is 103 Å². The van der Waals surface area contributed by atoms with E-state index < -0.39 is 14.4 Å². The number of rotatable bonds is 11. The van der Waals surface area contributed by atoms with Crippen molar-refractivity contribution >= 4 is 20.2 Å². The summed E-state index contributed by atoms with van der Waals surface area (Å²) < 4.78 is 11.2. The Hall–Kier alpha value is -0.883. The number of amides is 1. The Bertz CT molecular complexity index is 418. The zero-order valence-electron chi connectivity index (χ0n) is 17.5. The third-order valence-electron chi connectivity index (χ3n) is 5.10. The number of esters is 1. The minimum Gasteiger partial charge on any atom is -0.467 e. The van der Waals surface area contributed by atoms with Crippen molar-refractivity contribution in [3.63, 3.8) is 0 Å². The Balaban J connectivity index is 4.27. The number of unbranched alkanes of at least 4 members (excludes halogenated alkanes) is 2. The van der Waals surface area contributed by atoms with Crippen LogP contribution >= 0.6 is 0 Å². The topological polar surface area (TPSA) is 64.6 Å². The highest BCUT2D eigenvalue weighted by Crippen LogP contribution is 2.38. The highest BCUT2D eigenvalue weighted by atomic mass is 28.4. The predicted octanol–water partition coefficient (Wildman–Crippen LogP) is 4.42. The van der Waals surface area contributed by atoms with Crippen LogP contribution in [0, 0.1) is 0 Å². The van der Waals surface area contributed by atoms with Crippen LogP contribution in [0.3, 0.4) is 0 Å². The van der Waals surface area contributed by atoms with Crippen LogP contribution in [-0.2, 0) is 18.8 Å². The maximum absolute atomic E-state index is 11.7. The van der Waals surface area contributed by atoms with E-state index in [0.29, 0.717) is 12.5 Å². The lowest BCUT2D eigenvalue weighted by molar-refractivity contribution is -0.145. The molecular weight excluding hydrogens is 334 g/mol. The highest BCUT2D eigenvalue weighted by molar-refractivity contribution is 6.74. The van der Waals surface area contributed by atoms with Crippen LogP contribution in [0.5, 0.6) is 0 Å². The summed E-state index contributed by atoms with van der Waals surface area (Å²) in [4.78, 5) is 22.8. The van der Waals surface area contributed by atoms with Gasteiger partial charge in [0.2, 0.25) is 5.91 Å². The first-order chi connectivity index (χ1) is 11.4. The van der Waals surface area contributed by atoms with E-state index in [1.807, 2.05) is 0 Å². The first-order valence-electron chi connectivity index (χ1n) is 9.47. The minimum atomic E-state index is -1.72. The molecule has 0 aliphatic carbocycles. The molecule has 0 heterocycles. The molecule has 0 aromatic rings. The molecule has 0 aliphatic rings. The van der Waals surface area contributed by atoms with Crippen molar-refractivity contribution in [3.05, 3.63) is 0 Å². The van der Waals surface area contributed by atoms with E-state index in [1.54, 1.807) is 0 Å². The fourth-order valence-corrected chi connectivity index (χ4v) is 3.95. The molecule has 0 saturated heterocycles. The first kappa shape index (κ1) is 24.1. The van der Waals surface area contributed by atoms with E-state index in [0.717, 1.165) is 32.1 Å². The van der Waals surface area contributed by atoms with Gasteiger partial charge in [-0.2, -0.15) is 0 Å². The molecule has 0 saturated carbocycles. The molecule has 148 valence electrons. The van der Waals surface area contributed by atoms with Gasteiger partial charge in [-0.15, -0.1) is 0 Å². The number of hydrogen-bond acceptors (Lipinski definition) is 4. The Morgan fingerprint density at radius 3 is 2.08 bits per heavy atom. The van der Waals surface area contributed by atoms with E-state index in [4.69, 9.17) is 9.16 Å². The van der Waals surface area contributed by atoms with Gasteiger partial charge >= 0.3 is 5.97 Å². The fourth-order valence-electron chi connectivity index (χ4n) is 2.47. The summed E-state index contributed by atoms with van der Waals surface area (Å²) >= 11 is 0. The summed E-state index contributed by atoms with van der Waals surface area (Å²) in [6, 6.07) is -0.534. The number of methoxy groups -OCH3 is 1. The third kappa shape index (κ3) is 9.40. The predicted molar refractivity (Wildman–Crippen MR) is 105 cm³/mol. The molecule has 0 aliphatic heterocycles. The van der Waals surface area contributed by atoms with Crippen LogP contribution in [0.15, 0.2) is 0 Å². The second-order valence-corrected chi connectivity index (χ2v) is 13.1. The minimum absolute atomic E-state index is 0.204. The van der Waals surface area contributed by atoms with Crippen molar-refractivity contribution in [2.24, 2.45) is 0 Å². The second kappa shape index (κ2) is 11.0. The monoisotopic (exact) mass is 373 g/mol. The van der Waals surface area contributed by atoms with Crippen LogP contribution in [0.2, 0.25) is 18.1 Å². The Labute approximate surface area is 155 Å². The number of carbonyl (C=O) groups is 2. The summed E-state index contributed by atoms with van der Waals surface area (Å²) in [5.41, 5.74) is 0. The molecule has 0 aromatic heterocycles. The third-order valence-corrected chi connectivity index (χ3v) is 9.64. The number of ether oxygens (including phenoxy) is 1. The van der Waals surface area contributed by atoms with Gasteiger partial charge in [0.15, 0.2) is 8.32 Å². The van der Waals surface area contributed by atoms with E-state index >= 15 is 0 Å². The van der Waals surface area contributed by atoms with Crippen LogP contribution in [0.1, 0.15) is 73.1 Å². The summed E-state index contributed by atoms with van der Waals surface area (Å²) in [6.45, 7) is 15.0. The number of nitrogens with one attached hydrogen (secondary N) is 1. The van der Waals surface area contributed by atoms with Gasteiger partial charge in [0.25, 0.3) is 0 Å². The molecule has 0 fully saturated rings. The molecule has 0 radical (unpaired) electrons. The van der Waals surface area contributed by atoms with Gasteiger partial charge in [-0.25, -0.2) is 4.79 Å². The molecule has 2 atom stereocenters. The summed E-state index contributed by atoms with van der Waals surface area (Å²) in [6.07, 6.45) is 5.98. The SMILES string of the molecule is CC[C@H](CCCCC[C@H](NC(C)=O)C(=O)OC)O[Si](C)(C)C(C)(C)C. The normalized spacial score (nSPS) is 14.7. The molecule has 5 nitrogen and oxygen atoms in total. The fraction of sp³-hybridized carbons (Fsp3) is 0.895. The average molecular weight is 374 g/mol. The van der Waals surface area contributed by atoms with Gasteiger partial charge in [-0.1, -0.05) is 47.0 Å². The van der Waals surface area contributed by atoms with Crippen molar-refractivity contribution < 1.29 is 18.8 Å². The summed E-state index contributed by atoms with van der Waals surface area (Å²) in [5, 5.41) is 2.89. The molecule has 0 rings (SSSR count). The van der Waals surface area contributed by atoms with Gasteiger partial charge in [0.05, 0.1) is 7.11 Å². The lowest BCUT2D eigenvalue weighted by Gasteiger charge is -2.39. The average Bonchev–Trinajstić information content (AvgIpc) is 2.49. The molecule has 0 bridgehead atoms. The molecule has 6 heteroatoms. The van der Waals surface area contributed by atoms with E-state index in [1.165, 1.54) is 14.0 Å². The smallest absolute Gasteiger partial charge is 0.328 e. The summed E-state index contributed by atoms with van der Waals surface area (Å²) in [5.74, 6) is -0.577. The zero-order valence-corrected chi connectivity index (χ0v) is 18.5. The molecular formula is C19H39NO4Si. The molecule has 1 amide bonds. The molecule has 0 unspecified atom stereocenters. The van der Waals surface area contributed by atoms with E-state index in [-0.39, 0.29) is 16.9 Å². The van der Waals surface area contributed by atoms with Crippen molar-refractivity contribution in [3.8, 4) is 0 Å². The lowest BCUT2D eigenvalue weighted by atomic mass is 10.0. The molecule has 25 heavy (non-hydrogen) atoms. The number of carbonyl (C=O) groups excluding carboxylic acids is 2. The van der Waals surface area contributed by atoms with Crippen molar-refractivity contribution in [1.82, 2.24) is 5.32 Å². The maximum Gasteiger partial charge on any atom is 0.328 e. The quantitative estimate of drug-likeness (QED) is 0.331. The second-order valence-electron chi connectivity index (χ2n) is 8.32. The molecule has 1 N–H and O–H groups in total. The lowest BCUT2D eigenvalue weighted by Crippen LogP contribution is -2.43. The van der Waals surface area contributed by atoms with Crippen LogP contribution < -0.4 is 5.32 Å². The molecule has 0 aromatic carbocycles. The zero-order chi connectivity index (χ0) is 19.7. The highest BCUT2D eigenvalue weighted by Gasteiger charge is 2.38. The van der Waals surface area contributed by atoms with Gasteiger partial charge < -0.3 is 14.5 Å². The van der Waals surface area contributed by atoms with Crippen LogP contribution in [-0.4, -0.2) is 39.4 Å². The largest absolute Gasteiger partial charge is 0.467 e. The van der Waals surface area contributed by atoms with Gasteiger partial charge in [-0.3, -0.25) is 4.79 Å². The van der Waals surface area contributed by atoms with Gasteiger partial charge in [0, 0.05) is 13.0 Å². The van der Waals surface area contributed by atoms with Crippen LogP contribution in [0.25, 0.3) is 0 Å². The summed E-state index contributed by atoms with van der Waals surface area (Å²) in [7, 11) is -0.374. The Morgan fingerprint density at radius 1 is 1.08 bits per heavy atom. The van der Waals surface area contributed by atoms with E-state index in [2.05, 4.69) is 46.1 Å². The Kier molecular flexibility index (Phi) is 10.6.